The van der Waals surface area contributed by atoms with E-state index < -0.39 is 11.9 Å². The fraction of sp³-hybridized carbons (Fsp3) is 0.250. The summed E-state index contributed by atoms with van der Waals surface area (Å²) in [5.41, 5.74) is 1.16. The zero-order valence-corrected chi connectivity index (χ0v) is 20.6. The van der Waals surface area contributed by atoms with Crippen LogP contribution in [0.15, 0.2) is 56.6 Å². The van der Waals surface area contributed by atoms with Gasteiger partial charge in [-0.25, -0.2) is 0 Å². The molecule has 0 saturated carbocycles. The number of hydrogen-bond donors (Lipinski definition) is 0. The molecule has 4 aromatic rings. The fourth-order valence-corrected chi connectivity index (χ4v) is 5.68. The fourth-order valence-electron chi connectivity index (χ4n) is 4.02. The van der Waals surface area contributed by atoms with E-state index >= 15 is 0 Å². The van der Waals surface area contributed by atoms with Gasteiger partial charge < -0.3 is 4.42 Å². The van der Waals surface area contributed by atoms with Gasteiger partial charge in [0.05, 0.1) is 17.0 Å². The summed E-state index contributed by atoms with van der Waals surface area (Å²) in [6.45, 7) is 4.21. The van der Waals surface area contributed by atoms with E-state index in [-0.39, 0.29) is 11.2 Å². The summed E-state index contributed by atoms with van der Waals surface area (Å²) in [4.78, 5) is 29.8. The van der Waals surface area contributed by atoms with Gasteiger partial charge in [-0.3, -0.25) is 14.5 Å². The van der Waals surface area contributed by atoms with E-state index in [0.29, 0.717) is 32.6 Å². The average Bonchev–Trinajstić information content (AvgIpc) is 3.36. The largest absolute Gasteiger partial charge is 0.450 e. The lowest BCUT2D eigenvalue weighted by Crippen LogP contribution is -2.29. The van der Waals surface area contributed by atoms with E-state index in [2.05, 4.69) is 24.0 Å². The third-order valence-electron chi connectivity index (χ3n) is 5.51. The van der Waals surface area contributed by atoms with E-state index in [1.807, 2.05) is 30.5 Å². The van der Waals surface area contributed by atoms with Crippen LogP contribution in [0.4, 0.5) is 5.13 Å². The van der Waals surface area contributed by atoms with Crippen LogP contribution in [-0.4, -0.2) is 22.4 Å². The average molecular weight is 498 g/mol. The number of amides is 1. The van der Waals surface area contributed by atoms with Crippen LogP contribution < -0.4 is 10.3 Å². The van der Waals surface area contributed by atoms with Crippen LogP contribution in [0.5, 0.6) is 0 Å². The van der Waals surface area contributed by atoms with E-state index in [1.54, 1.807) is 30.0 Å². The summed E-state index contributed by atoms with van der Waals surface area (Å²) in [5.74, 6) is 0.0463. The molecular formula is C24H20ClN3O3S2. The van der Waals surface area contributed by atoms with Crippen LogP contribution in [-0.2, 0) is 6.42 Å². The number of benzene rings is 2. The highest BCUT2D eigenvalue weighted by atomic mass is 35.5. The van der Waals surface area contributed by atoms with Gasteiger partial charge in [-0.1, -0.05) is 48.9 Å². The highest BCUT2D eigenvalue weighted by molar-refractivity contribution is 7.98. The Balaban J connectivity index is 1.73. The molecule has 1 atom stereocenters. The van der Waals surface area contributed by atoms with Crippen molar-refractivity contribution in [2.45, 2.75) is 31.2 Å². The van der Waals surface area contributed by atoms with Crippen molar-refractivity contribution in [3.05, 3.63) is 79.6 Å². The Labute approximate surface area is 203 Å². The molecule has 2 aromatic carbocycles. The Hall–Kier alpha value is -2.68. The van der Waals surface area contributed by atoms with Crippen LogP contribution in [0.25, 0.3) is 11.0 Å². The minimum Gasteiger partial charge on any atom is -0.450 e. The van der Waals surface area contributed by atoms with Crippen molar-refractivity contribution in [2.75, 3.05) is 11.2 Å². The number of anilines is 1. The van der Waals surface area contributed by atoms with Gasteiger partial charge >= 0.3 is 0 Å². The van der Waals surface area contributed by atoms with Crippen molar-refractivity contribution in [3.63, 3.8) is 0 Å². The SMILES string of the molecule is CSc1ccc([C@@H]2c3c(oc4ccc(Cl)cc4c3=O)C(=O)N2c2nnc(CC(C)C)s2)cc1. The quantitative estimate of drug-likeness (QED) is 0.316. The van der Waals surface area contributed by atoms with Crippen LogP contribution in [0.2, 0.25) is 5.02 Å². The molecular weight excluding hydrogens is 478 g/mol. The van der Waals surface area contributed by atoms with Crippen LogP contribution in [0.1, 0.15) is 46.6 Å². The minimum absolute atomic E-state index is 0.0365. The number of halogens is 1. The molecule has 2 aromatic heterocycles. The van der Waals surface area contributed by atoms with E-state index in [0.717, 1.165) is 21.9 Å². The first-order chi connectivity index (χ1) is 15.9. The third-order valence-corrected chi connectivity index (χ3v) is 7.43. The molecule has 1 amide bonds. The second-order valence-electron chi connectivity index (χ2n) is 8.24. The summed E-state index contributed by atoms with van der Waals surface area (Å²) in [5, 5.41) is 10.7. The first kappa shape index (κ1) is 22.1. The lowest BCUT2D eigenvalue weighted by molar-refractivity contribution is 0.0970. The molecule has 0 saturated heterocycles. The first-order valence-electron chi connectivity index (χ1n) is 10.4. The molecule has 0 aliphatic carbocycles. The van der Waals surface area contributed by atoms with E-state index in [4.69, 9.17) is 16.0 Å². The molecule has 6 nitrogen and oxygen atoms in total. The van der Waals surface area contributed by atoms with Gasteiger partial charge in [0.25, 0.3) is 5.91 Å². The first-order valence-corrected chi connectivity index (χ1v) is 12.9. The van der Waals surface area contributed by atoms with Crippen LogP contribution in [0, 0.1) is 5.92 Å². The number of nitrogens with zero attached hydrogens (tertiary/aromatic N) is 3. The van der Waals surface area contributed by atoms with Crippen molar-refractivity contribution < 1.29 is 9.21 Å². The van der Waals surface area contributed by atoms with Gasteiger partial charge in [0.15, 0.2) is 5.43 Å². The Morgan fingerprint density at radius 1 is 1.15 bits per heavy atom. The molecule has 0 radical (unpaired) electrons. The van der Waals surface area contributed by atoms with Crippen molar-refractivity contribution >= 4 is 56.7 Å². The topological polar surface area (TPSA) is 76.3 Å². The van der Waals surface area contributed by atoms with Crippen molar-refractivity contribution in [1.29, 1.82) is 0 Å². The minimum atomic E-state index is -0.664. The highest BCUT2D eigenvalue weighted by Gasteiger charge is 2.45. The van der Waals surface area contributed by atoms with Crippen LogP contribution >= 0.6 is 34.7 Å². The molecule has 0 spiro atoms. The summed E-state index contributed by atoms with van der Waals surface area (Å²) in [7, 11) is 0. The van der Waals surface area contributed by atoms with E-state index in [9.17, 15) is 9.59 Å². The maximum absolute atomic E-state index is 13.6. The van der Waals surface area contributed by atoms with Crippen molar-refractivity contribution in [3.8, 4) is 0 Å². The Morgan fingerprint density at radius 3 is 2.61 bits per heavy atom. The predicted octanol–water partition coefficient (Wildman–Crippen LogP) is 5.97. The molecule has 168 valence electrons. The monoisotopic (exact) mass is 497 g/mol. The van der Waals surface area contributed by atoms with Gasteiger partial charge in [0.2, 0.25) is 10.9 Å². The molecule has 0 fully saturated rings. The number of thioether (sulfide) groups is 1. The van der Waals surface area contributed by atoms with Gasteiger partial charge in [-0.15, -0.1) is 22.0 Å². The number of carbonyl (C=O) groups excluding carboxylic acids is 1. The zero-order chi connectivity index (χ0) is 23.3. The van der Waals surface area contributed by atoms with Gasteiger partial charge in [0, 0.05) is 16.3 Å². The Morgan fingerprint density at radius 2 is 1.91 bits per heavy atom. The standard InChI is InChI=1S/C24H20ClN3O3S2/c1-12(2)10-18-26-27-24(33-18)28-20(13-4-7-15(32-3)8-5-13)19-21(29)16-11-14(25)6-9-17(16)31-22(19)23(28)30/h4-9,11-12,20H,10H2,1-3H3/t20-/m1/s1. The molecule has 9 heteroatoms. The Bertz CT molecular complexity index is 1430. The van der Waals surface area contributed by atoms with Crippen molar-refractivity contribution in [2.24, 2.45) is 5.92 Å². The van der Waals surface area contributed by atoms with Crippen LogP contribution in [0.3, 0.4) is 0 Å². The molecule has 0 bridgehead atoms. The molecule has 0 unspecified atom stereocenters. The molecule has 1 aliphatic rings. The number of hydrogen-bond acceptors (Lipinski definition) is 7. The molecule has 0 N–H and O–H groups in total. The van der Waals surface area contributed by atoms with E-state index in [1.165, 1.54) is 16.2 Å². The molecule has 5 rings (SSSR count). The number of carbonyl (C=O) groups is 1. The maximum Gasteiger partial charge on any atom is 0.297 e. The normalized spacial score (nSPS) is 15.6. The third kappa shape index (κ3) is 3.86. The molecule has 33 heavy (non-hydrogen) atoms. The number of aromatic nitrogens is 2. The second-order valence-corrected chi connectivity index (χ2v) is 10.6. The summed E-state index contributed by atoms with van der Waals surface area (Å²) in [6.07, 6.45) is 2.76. The Kier molecular flexibility index (Phi) is 5.76. The number of rotatable bonds is 5. The van der Waals surface area contributed by atoms with Gasteiger partial charge in [-0.05, 0) is 48.1 Å². The summed E-state index contributed by atoms with van der Waals surface area (Å²) in [6, 6.07) is 12.0. The smallest absolute Gasteiger partial charge is 0.297 e. The summed E-state index contributed by atoms with van der Waals surface area (Å²) < 4.78 is 5.97. The number of fused-ring (bicyclic) bond motifs is 2. The van der Waals surface area contributed by atoms with Gasteiger partial charge in [0.1, 0.15) is 10.6 Å². The van der Waals surface area contributed by atoms with Crippen molar-refractivity contribution in [1.82, 2.24) is 10.2 Å². The lowest BCUT2D eigenvalue weighted by atomic mass is 9.99. The maximum atomic E-state index is 13.6. The zero-order valence-electron chi connectivity index (χ0n) is 18.2. The second kappa shape index (κ2) is 8.59. The lowest BCUT2D eigenvalue weighted by Gasteiger charge is -2.22. The van der Waals surface area contributed by atoms with Gasteiger partial charge in [-0.2, -0.15) is 0 Å². The molecule has 1 aliphatic heterocycles. The predicted molar refractivity (Wildman–Crippen MR) is 133 cm³/mol. The molecule has 3 heterocycles. The summed E-state index contributed by atoms with van der Waals surface area (Å²) >= 11 is 9.14. The highest BCUT2D eigenvalue weighted by Crippen LogP contribution is 2.42.